The summed E-state index contributed by atoms with van der Waals surface area (Å²) >= 11 is 0. The molecular formula is C17H18F3N. The van der Waals surface area contributed by atoms with Crippen LogP contribution in [0, 0.1) is 6.92 Å². The van der Waals surface area contributed by atoms with E-state index in [0.717, 1.165) is 12.8 Å². The smallest absolute Gasteiger partial charge is 0.385 e. The zero-order chi connectivity index (χ0) is 15.3. The predicted octanol–water partition coefficient (Wildman–Crippen LogP) is 5.06. The van der Waals surface area contributed by atoms with Gasteiger partial charge in [0.1, 0.15) is 0 Å². The molecule has 0 bridgehead atoms. The maximum Gasteiger partial charge on any atom is 0.416 e. The third kappa shape index (κ3) is 4.52. The first-order valence-corrected chi connectivity index (χ1v) is 6.92. The number of aryl methyl sites for hydroxylation is 2. The Labute approximate surface area is 122 Å². The highest BCUT2D eigenvalue weighted by Crippen LogP contribution is 2.33. The zero-order valence-electron chi connectivity index (χ0n) is 11.9. The molecule has 21 heavy (non-hydrogen) atoms. The monoisotopic (exact) mass is 293 g/mol. The number of alkyl halides is 3. The molecule has 2 aromatic carbocycles. The van der Waals surface area contributed by atoms with Crippen LogP contribution >= 0.6 is 0 Å². The highest BCUT2D eigenvalue weighted by molar-refractivity contribution is 5.49. The number of hydrogen-bond donors (Lipinski definition) is 1. The molecule has 0 saturated heterocycles. The lowest BCUT2D eigenvalue weighted by Crippen LogP contribution is -2.09. The summed E-state index contributed by atoms with van der Waals surface area (Å²) in [6.45, 7) is 2.12. The molecule has 2 aromatic rings. The second-order valence-corrected chi connectivity index (χ2v) is 5.04. The van der Waals surface area contributed by atoms with Crippen LogP contribution in [0.5, 0.6) is 0 Å². The zero-order valence-corrected chi connectivity index (χ0v) is 11.9. The molecule has 0 amide bonds. The van der Waals surface area contributed by atoms with Gasteiger partial charge in [-0.1, -0.05) is 36.4 Å². The largest absolute Gasteiger partial charge is 0.416 e. The Bertz CT molecular complexity index is 576. The van der Waals surface area contributed by atoms with Crippen LogP contribution in [0.1, 0.15) is 23.1 Å². The van der Waals surface area contributed by atoms with Gasteiger partial charge in [0.15, 0.2) is 0 Å². The molecule has 2 rings (SSSR count). The van der Waals surface area contributed by atoms with Crippen LogP contribution in [0.4, 0.5) is 18.9 Å². The van der Waals surface area contributed by atoms with Crippen LogP contribution < -0.4 is 5.32 Å². The van der Waals surface area contributed by atoms with E-state index >= 15 is 0 Å². The van der Waals surface area contributed by atoms with E-state index in [1.807, 2.05) is 30.3 Å². The number of hydrogen-bond acceptors (Lipinski definition) is 1. The van der Waals surface area contributed by atoms with Gasteiger partial charge >= 0.3 is 6.18 Å². The van der Waals surface area contributed by atoms with E-state index in [2.05, 4.69) is 5.32 Å². The van der Waals surface area contributed by atoms with E-state index in [1.165, 1.54) is 24.6 Å². The maximum atomic E-state index is 12.8. The fraction of sp³-hybridized carbons (Fsp3) is 0.294. The fourth-order valence-electron chi connectivity index (χ4n) is 2.21. The quantitative estimate of drug-likeness (QED) is 0.760. The van der Waals surface area contributed by atoms with Gasteiger partial charge in [-0.15, -0.1) is 0 Å². The minimum absolute atomic E-state index is 0.248. The molecule has 4 heteroatoms. The molecule has 0 aliphatic carbocycles. The molecule has 0 atom stereocenters. The van der Waals surface area contributed by atoms with Crippen molar-refractivity contribution in [3.63, 3.8) is 0 Å². The van der Waals surface area contributed by atoms with Gasteiger partial charge in [-0.2, -0.15) is 13.2 Å². The Hall–Kier alpha value is -1.97. The van der Waals surface area contributed by atoms with Crippen LogP contribution in [-0.4, -0.2) is 6.54 Å². The Kier molecular flexibility index (Phi) is 4.89. The third-order valence-electron chi connectivity index (χ3n) is 3.36. The Morgan fingerprint density at radius 2 is 1.71 bits per heavy atom. The van der Waals surface area contributed by atoms with Crippen molar-refractivity contribution in [3.8, 4) is 0 Å². The van der Waals surface area contributed by atoms with Crippen molar-refractivity contribution >= 4 is 5.69 Å². The molecular weight excluding hydrogens is 275 g/mol. The molecule has 0 aromatic heterocycles. The summed E-state index contributed by atoms with van der Waals surface area (Å²) in [6, 6.07) is 14.4. The Balaban J connectivity index is 1.89. The Morgan fingerprint density at radius 3 is 2.38 bits per heavy atom. The van der Waals surface area contributed by atoms with Gasteiger partial charge in [0.2, 0.25) is 0 Å². The van der Waals surface area contributed by atoms with Crippen molar-refractivity contribution in [2.45, 2.75) is 25.9 Å². The standard InChI is InChI=1S/C17H18F3N/c1-13-9-10-15(12-16(13)17(18,19)20)21-11-5-8-14-6-3-2-4-7-14/h2-4,6-7,9-10,12,21H,5,8,11H2,1H3. The van der Waals surface area contributed by atoms with Gasteiger partial charge in [0, 0.05) is 12.2 Å². The summed E-state index contributed by atoms with van der Waals surface area (Å²) in [5, 5.41) is 3.05. The van der Waals surface area contributed by atoms with Crippen molar-refractivity contribution in [2.24, 2.45) is 0 Å². The van der Waals surface area contributed by atoms with Crippen LogP contribution in [0.3, 0.4) is 0 Å². The summed E-state index contributed by atoms with van der Waals surface area (Å²) in [4.78, 5) is 0. The number of anilines is 1. The average Bonchev–Trinajstić information content (AvgIpc) is 2.45. The topological polar surface area (TPSA) is 12.0 Å². The molecule has 0 unspecified atom stereocenters. The lowest BCUT2D eigenvalue weighted by molar-refractivity contribution is -0.138. The average molecular weight is 293 g/mol. The summed E-state index contributed by atoms with van der Waals surface area (Å²) < 4.78 is 38.4. The van der Waals surface area contributed by atoms with Gasteiger partial charge in [-0.25, -0.2) is 0 Å². The molecule has 0 spiro atoms. The van der Waals surface area contributed by atoms with Gasteiger partial charge < -0.3 is 5.32 Å². The minimum Gasteiger partial charge on any atom is -0.385 e. The number of nitrogens with one attached hydrogen (secondary N) is 1. The maximum absolute atomic E-state index is 12.8. The molecule has 0 fully saturated rings. The number of rotatable bonds is 5. The van der Waals surface area contributed by atoms with Crippen molar-refractivity contribution in [2.75, 3.05) is 11.9 Å². The van der Waals surface area contributed by atoms with E-state index in [9.17, 15) is 13.2 Å². The summed E-state index contributed by atoms with van der Waals surface area (Å²) in [6.07, 6.45) is -2.52. The first-order valence-electron chi connectivity index (χ1n) is 6.92. The number of benzene rings is 2. The molecule has 0 radical (unpaired) electrons. The lowest BCUT2D eigenvalue weighted by atomic mass is 10.1. The van der Waals surface area contributed by atoms with Gasteiger partial charge in [-0.05, 0) is 43.0 Å². The SMILES string of the molecule is Cc1ccc(NCCCc2ccccc2)cc1C(F)(F)F. The van der Waals surface area contributed by atoms with Crippen molar-refractivity contribution in [1.29, 1.82) is 0 Å². The molecule has 0 saturated carbocycles. The normalized spacial score (nSPS) is 11.4. The third-order valence-corrected chi connectivity index (χ3v) is 3.36. The second kappa shape index (κ2) is 6.66. The van der Waals surface area contributed by atoms with E-state index in [0.29, 0.717) is 12.2 Å². The molecule has 0 aliphatic heterocycles. The second-order valence-electron chi connectivity index (χ2n) is 5.04. The predicted molar refractivity (Wildman–Crippen MR) is 79.4 cm³/mol. The van der Waals surface area contributed by atoms with E-state index in [-0.39, 0.29) is 5.56 Å². The summed E-state index contributed by atoms with van der Waals surface area (Å²) in [7, 11) is 0. The fourth-order valence-corrected chi connectivity index (χ4v) is 2.21. The highest BCUT2D eigenvalue weighted by Gasteiger charge is 2.32. The Morgan fingerprint density at radius 1 is 1.00 bits per heavy atom. The van der Waals surface area contributed by atoms with E-state index < -0.39 is 11.7 Å². The molecule has 1 nitrogen and oxygen atoms in total. The highest BCUT2D eigenvalue weighted by atomic mass is 19.4. The summed E-state index contributed by atoms with van der Waals surface area (Å²) in [5.74, 6) is 0. The van der Waals surface area contributed by atoms with Crippen molar-refractivity contribution in [1.82, 2.24) is 0 Å². The first-order chi connectivity index (χ1) is 9.97. The molecule has 1 N–H and O–H groups in total. The van der Waals surface area contributed by atoms with Crippen LogP contribution in [0.15, 0.2) is 48.5 Å². The lowest BCUT2D eigenvalue weighted by Gasteiger charge is -2.13. The summed E-state index contributed by atoms with van der Waals surface area (Å²) in [5.41, 5.74) is 1.42. The van der Waals surface area contributed by atoms with E-state index in [4.69, 9.17) is 0 Å². The van der Waals surface area contributed by atoms with Crippen molar-refractivity contribution in [3.05, 3.63) is 65.2 Å². The van der Waals surface area contributed by atoms with E-state index in [1.54, 1.807) is 6.07 Å². The van der Waals surface area contributed by atoms with Gasteiger partial charge in [0.05, 0.1) is 5.56 Å². The first kappa shape index (κ1) is 15.4. The molecule has 0 aliphatic rings. The minimum atomic E-state index is -4.30. The van der Waals surface area contributed by atoms with Crippen LogP contribution in [0.2, 0.25) is 0 Å². The van der Waals surface area contributed by atoms with Gasteiger partial charge in [0.25, 0.3) is 0 Å². The molecule has 112 valence electrons. The van der Waals surface area contributed by atoms with Crippen molar-refractivity contribution < 1.29 is 13.2 Å². The van der Waals surface area contributed by atoms with Gasteiger partial charge in [-0.3, -0.25) is 0 Å². The van der Waals surface area contributed by atoms with Crippen LogP contribution in [-0.2, 0) is 12.6 Å². The number of halogens is 3. The van der Waals surface area contributed by atoms with Crippen LogP contribution in [0.25, 0.3) is 0 Å². The molecule has 0 heterocycles.